The second kappa shape index (κ2) is 8.45. The normalized spacial score (nSPS) is 11.2. The summed E-state index contributed by atoms with van der Waals surface area (Å²) in [5.41, 5.74) is 7.43. The minimum absolute atomic E-state index is 0.741. The van der Waals surface area contributed by atoms with Crippen LogP contribution in [-0.2, 0) is 6.42 Å². The zero-order chi connectivity index (χ0) is 22.9. The van der Waals surface area contributed by atoms with Crippen molar-refractivity contribution in [1.29, 1.82) is 0 Å². The topological polar surface area (TPSA) is 55.6 Å². The van der Waals surface area contributed by atoms with Crippen LogP contribution in [0.3, 0.4) is 0 Å². The Hall–Kier alpha value is -4.51. The van der Waals surface area contributed by atoms with E-state index in [2.05, 4.69) is 111 Å². The van der Waals surface area contributed by atoms with Crippen LogP contribution in [0, 0.1) is 6.92 Å². The molecule has 164 valence electrons. The van der Waals surface area contributed by atoms with Crippen molar-refractivity contribution in [2.45, 2.75) is 13.3 Å². The second-order valence-electron chi connectivity index (χ2n) is 8.49. The van der Waals surface area contributed by atoms with Crippen molar-refractivity contribution in [3.63, 3.8) is 0 Å². The number of benzene rings is 4. The molecule has 0 amide bonds. The van der Waals surface area contributed by atoms with E-state index < -0.39 is 0 Å². The van der Waals surface area contributed by atoms with Gasteiger partial charge >= 0.3 is 0 Å². The molecule has 0 unspecified atom stereocenters. The highest BCUT2D eigenvalue weighted by Crippen LogP contribution is 2.29. The number of fused-ring (bicyclic) bond motifs is 2. The smallest absolute Gasteiger partial charge is 0.160 e. The quantitative estimate of drug-likeness (QED) is 0.327. The van der Waals surface area contributed by atoms with Crippen LogP contribution in [0.25, 0.3) is 27.5 Å². The van der Waals surface area contributed by atoms with Crippen LogP contribution in [0.15, 0.2) is 103 Å². The Kier molecular flexibility index (Phi) is 5.00. The number of hydrogen-bond acceptors (Lipinski definition) is 4. The van der Waals surface area contributed by atoms with Crippen molar-refractivity contribution in [3.8, 4) is 5.69 Å². The fourth-order valence-corrected chi connectivity index (χ4v) is 4.38. The highest BCUT2D eigenvalue weighted by molar-refractivity contribution is 5.95. The summed E-state index contributed by atoms with van der Waals surface area (Å²) in [6.45, 7) is 2.10. The molecule has 2 aromatic heterocycles. The Morgan fingerprint density at radius 3 is 2.44 bits per heavy atom. The Morgan fingerprint density at radius 1 is 0.765 bits per heavy atom. The van der Waals surface area contributed by atoms with Crippen LogP contribution < -0.4 is 5.32 Å². The molecule has 34 heavy (non-hydrogen) atoms. The summed E-state index contributed by atoms with van der Waals surface area (Å²) >= 11 is 0. The summed E-state index contributed by atoms with van der Waals surface area (Å²) < 4.78 is 2.11. The van der Waals surface area contributed by atoms with Gasteiger partial charge in [-0.25, -0.2) is 4.98 Å². The molecule has 0 radical (unpaired) electrons. The van der Waals surface area contributed by atoms with Crippen LogP contribution in [0.5, 0.6) is 0 Å². The fraction of sp³-hybridized carbons (Fsp3) is 0.0690. The lowest BCUT2D eigenvalue weighted by Gasteiger charge is -2.11. The van der Waals surface area contributed by atoms with E-state index in [4.69, 9.17) is 0 Å². The van der Waals surface area contributed by atoms with Gasteiger partial charge in [0, 0.05) is 28.6 Å². The molecule has 5 heteroatoms. The van der Waals surface area contributed by atoms with E-state index in [0.29, 0.717) is 0 Å². The largest absolute Gasteiger partial charge is 0.338 e. The first-order chi connectivity index (χ1) is 16.7. The molecule has 0 saturated heterocycles. The zero-order valence-corrected chi connectivity index (χ0v) is 18.8. The van der Waals surface area contributed by atoms with Crippen LogP contribution in [0.1, 0.15) is 16.8 Å². The molecular formula is C29H23N5. The van der Waals surface area contributed by atoms with Crippen molar-refractivity contribution >= 4 is 33.3 Å². The predicted molar refractivity (Wildman–Crippen MR) is 138 cm³/mol. The summed E-state index contributed by atoms with van der Waals surface area (Å²) in [4.78, 5) is 4.64. The number of rotatable bonds is 5. The molecule has 5 nitrogen and oxygen atoms in total. The van der Waals surface area contributed by atoms with Gasteiger partial charge in [-0.05, 0) is 48.4 Å². The number of aromatic nitrogens is 4. The first-order valence-corrected chi connectivity index (χ1v) is 11.3. The highest BCUT2D eigenvalue weighted by atomic mass is 15.2. The zero-order valence-electron chi connectivity index (χ0n) is 18.8. The van der Waals surface area contributed by atoms with Gasteiger partial charge in [0.1, 0.15) is 6.33 Å². The minimum atomic E-state index is 0.741. The van der Waals surface area contributed by atoms with Crippen LogP contribution in [0.4, 0.5) is 11.5 Å². The molecule has 0 atom stereocenters. The summed E-state index contributed by atoms with van der Waals surface area (Å²) in [6.07, 6.45) is 2.62. The molecule has 6 aromatic rings. The SMILES string of the molecule is Cc1cccc(-n2cnc3cc(Nc4nnc(Cc5ccccc5)c5ccccc45)ccc32)c1. The molecule has 0 saturated carbocycles. The Morgan fingerprint density at radius 2 is 1.59 bits per heavy atom. The average Bonchev–Trinajstić information content (AvgIpc) is 3.30. The Labute approximate surface area is 197 Å². The van der Waals surface area contributed by atoms with Gasteiger partial charge in [0.25, 0.3) is 0 Å². The lowest BCUT2D eigenvalue weighted by atomic mass is 10.0. The molecule has 6 rings (SSSR count). The third-order valence-corrected chi connectivity index (χ3v) is 6.07. The first kappa shape index (κ1) is 20.1. The average molecular weight is 442 g/mol. The second-order valence-corrected chi connectivity index (χ2v) is 8.49. The maximum Gasteiger partial charge on any atom is 0.160 e. The number of aryl methyl sites for hydroxylation is 1. The molecule has 0 fully saturated rings. The van der Waals surface area contributed by atoms with E-state index in [-0.39, 0.29) is 0 Å². The van der Waals surface area contributed by atoms with Gasteiger partial charge in [-0.2, -0.15) is 5.10 Å². The van der Waals surface area contributed by atoms with E-state index in [1.807, 2.05) is 24.5 Å². The van der Waals surface area contributed by atoms with E-state index in [0.717, 1.165) is 51.1 Å². The van der Waals surface area contributed by atoms with Gasteiger partial charge in [-0.3, -0.25) is 4.57 Å². The number of anilines is 2. The molecular weight excluding hydrogens is 418 g/mol. The van der Waals surface area contributed by atoms with Crippen LogP contribution in [0.2, 0.25) is 0 Å². The van der Waals surface area contributed by atoms with Crippen molar-refractivity contribution in [2.75, 3.05) is 5.32 Å². The van der Waals surface area contributed by atoms with Crippen LogP contribution in [-0.4, -0.2) is 19.7 Å². The van der Waals surface area contributed by atoms with Gasteiger partial charge in [0.05, 0.1) is 16.7 Å². The molecule has 0 aliphatic rings. The fourth-order valence-electron chi connectivity index (χ4n) is 4.38. The molecule has 2 heterocycles. The van der Waals surface area contributed by atoms with Crippen LogP contribution >= 0.6 is 0 Å². The summed E-state index contributed by atoms with van der Waals surface area (Å²) in [5, 5.41) is 14.8. The maximum absolute atomic E-state index is 4.64. The number of nitrogens with one attached hydrogen (secondary N) is 1. The standard InChI is InChI=1S/C29H23N5/c1-20-8-7-11-23(16-20)34-19-30-27-18-22(14-15-28(27)34)31-29-25-13-6-5-12-24(25)26(32-33-29)17-21-9-3-2-4-10-21/h2-16,18-19H,17H2,1H3,(H,31,33). The molecule has 1 N–H and O–H groups in total. The third-order valence-electron chi connectivity index (χ3n) is 6.07. The summed E-state index contributed by atoms with van der Waals surface area (Å²) in [6, 6.07) is 33.3. The van der Waals surface area contributed by atoms with E-state index in [1.165, 1.54) is 11.1 Å². The third kappa shape index (κ3) is 3.77. The van der Waals surface area contributed by atoms with Crippen molar-refractivity contribution < 1.29 is 0 Å². The van der Waals surface area contributed by atoms with Crippen molar-refractivity contribution in [2.24, 2.45) is 0 Å². The lowest BCUT2D eigenvalue weighted by Crippen LogP contribution is -2.02. The summed E-state index contributed by atoms with van der Waals surface area (Å²) in [7, 11) is 0. The van der Waals surface area contributed by atoms with Gasteiger partial charge < -0.3 is 5.32 Å². The lowest BCUT2D eigenvalue weighted by molar-refractivity contribution is 0.962. The van der Waals surface area contributed by atoms with Gasteiger partial charge in [-0.15, -0.1) is 5.10 Å². The first-order valence-electron chi connectivity index (χ1n) is 11.3. The number of imidazole rings is 1. The monoisotopic (exact) mass is 441 g/mol. The highest BCUT2D eigenvalue weighted by Gasteiger charge is 2.11. The molecule has 0 bridgehead atoms. The van der Waals surface area contributed by atoms with E-state index in [1.54, 1.807) is 0 Å². The Balaban J connectivity index is 1.34. The maximum atomic E-state index is 4.64. The number of nitrogens with zero attached hydrogens (tertiary/aromatic N) is 4. The molecule has 0 aliphatic carbocycles. The summed E-state index contributed by atoms with van der Waals surface area (Å²) in [5.74, 6) is 0.741. The van der Waals surface area contributed by atoms with E-state index in [9.17, 15) is 0 Å². The number of hydrogen-bond donors (Lipinski definition) is 1. The van der Waals surface area contributed by atoms with Gasteiger partial charge in [0.2, 0.25) is 0 Å². The van der Waals surface area contributed by atoms with E-state index >= 15 is 0 Å². The molecule has 0 spiro atoms. The molecule has 0 aliphatic heterocycles. The van der Waals surface area contributed by atoms with Gasteiger partial charge in [-0.1, -0.05) is 66.7 Å². The van der Waals surface area contributed by atoms with Gasteiger partial charge in [0.15, 0.2) is 5.82 Å². The predicted octanol–water partition coefficient (Wildman–Crippen LogP) is 6.61. The minimum Gasteiger partial charge on any atom is -0.338 e. The Bertz CT molecular complexity index is 1620. The van der Waals surface area contributed by atoms with Crippen molar-refractivity contribution in [3.05, 3.63) is 120 Å². The van der Waals surface area contributed by atoms with Crippen molar-refractivity contribution in [1.82, 2.24) is 19.7 Å². The molecule has 4 aromatic carbocycles.